The molecule has 0 bridgehead atoms. The van der Waals surface area contributed by atoms with E-state index in [4.69, 9.17) is 84.6 Å². The summed E-state index contributed by atoms with van der Waals surface area (Å²) in [7, 11) is 2.88. The number of ether oxygens (including phenoxy) is 12. The minimum atomic E-state index is -1.58. The number of hydrogen-bond donors (Lipinski definition) is 17. The molecule has 18 N–H and O–H groups in total. The van der Waals surface area contributed by atoms with Gasteiger partial charge in [-0.1, -0.05) is 52.0 Å². The van der Waals surface area contributed by atoms with Gasteiger partial charge in [0.1, 0.15) is 23.2 Å². The molecule has 22 atom stereocenters. The number of amides is 9. The molecule has 5 aliphatic rings. The van der Waals surface area contributed by atoms with Crippen molar-refractivity contribution < 1.29 is 160 Å². The number of nitrogens with one attached hydrogen (secondary N) is 7. The zero-order valence-corrected chi connectivity index (χ0v) is 84.4. The Kier molecular flexibility index (Phi) is 57.4. The van der Waals surface area contributed by atoms with E-state index in [-0.39, 0.29) is 223 Å². The Balaban J connectivity index is 0.000000569. The maximum Gasteiger partial charge on any atom is 0.330 e. The number of nitrogens with zero attached hydrogens (tertiary/aromatic N) is 3. The summed E-state index contributed by atoms with van der Waals surface area (Å²) in [4.78, 5) is 150. The number of aliphatic hydroxyl groups is 8. The monoisotopic (exact) mass is 2070 g/mol. The molecule has 8 rings (SSSR count). The Bertz CT molecular complexity index is 4470. The summed E-state index contributed by atoms with van der Waals surface area (Å²) in [5.41, 5.74) is 4.63. The largest absolute Gasteiger partial charge is 0.480 e. The second kappa shape index (κ2) is 65.5. The van der Waals surface area contributed by atoms with Crippen LogP contribution in [0.15, 0.2) is 46.0 Å². The predicted octanol–water partition coefficient (Wildman–Crippen LogP) is -2.08. The fourth-order valence-corrected chi connectivity index (χ4v) is 17.7. The first-order chi connectivity index (χ1) is 67.1. The summed E-state index contributed by atoms with van der Waals surface area (Å²) in [6.07, 6.45) is -6.01. The lowest BCUT2D eigenvalue weighted by molar-refractivity contribution is -0.161. The van der Waals surface area contributed by atoms with Gasteiger partial charge in [-0.3, -0.25) is 57.4 Å². The molecule has 1 aromatic heterocycles. The zero-order valence-electron chi connectivity index (χ0n) is 82.0. The average molecular weight is 2070 g/mol. The quantitative estimate of drug-likeness (QED) is 0.0164. The number of benzene rings is 2. The molecule has 44 nitrogen and oxygen atoms in total. The number of carboxylic acid groups (broad SMARTS) is 1. The van der Waals surface area contributed by atoms with Crippen molar-refractivity contribution in [1.82, 2.24) is 50.8 Å². The van der Waals surface area contributed by atoms with E-state index < -0.39 is 130 Å². The maximum atomic E-state index is 15.1. The normalized spacial score (nSPS) is 25.6. The van der Waals surface area contributed by atoms with Crippen LogP contribution in [0.2, 0.25) is 0 Å². The van der Waals surface area contributed by atoms with Gasteiger partial charge in [-0.05, 0) is 75.2 Å². The summed E-state index contributed by atoms with van der Waals surface area (Å²) in [6, 6.07) is 4.54. The van der Waals surface area contributed by atoms with Gasteiger partial charge in [0.2, 0.25) is 47.3 Å². The second-order valence-electron chi connectivity index (χ2n) is 34.6. The van der Waals surface area contributed by atoms with Gasteiger partial charge in [0.05, 0.1) is 246 Å². The highest BCUT2D eigenvalue weighted by Gasteiger charge is 2.46. The molecule has 5 saturated heterocycles. The standard InChI is InChI=1S/C61H87F2N7O21S.C13H24N2O5S.C10H19NO4.C8H16ClNO3/c1-38-47(37-71)91-40(3)55(56(38)76)67-51(74)12-31-92-48-35-52(75)70(58(48)78)14-10-49(72)64-13-16-84-18-20-86-22-24-88-26-28-90-30-29-89-27-25-87-23-21-85-19-17-83-15-11-50(73)65-36-42-32-44(62)54(45(63)33-42)57(77)66-46(60(80)81)34-41-6-8-43(9-7-41)53-39(2)68(4)61(82)69(5)59(53)79;1-7-9(5-16)20-8(2)12(13(7)19)15-11(18)3-4-21-6-10(14)17;1-5-8(4-12)15-6(2)9(10(5)14)11-7(3)13;1-4-6(3-11)13-5(2)7(10-9)8(4)12/h6-9,32-33,38,40,46-48,55-56,71,76H,10-31,34-37H2,1-5H3,(H,64,72)(H,65,73)(H,66,77)(H,67,74)(H,80,81);7-9,12-13,16,19H,3-6H2,1-2H3,(H2,14,17)(H,15,18);5-6,8-10,12,14H,4H2,1-3H3,(H,11,13);4-8,10-12H,3H2,1-2H3/t38-,40+,46?,47-,48?,55+,56-;7-,8+,9-,12+,13-;5-,6+,8-,9+,10-;4-,5+,6-,7+,8-/m1111/s1. The third-order valence-electron chi connectivity index (χ3n) is 24.3. The van der Waals surface area contributed by atoms with Crippen LogP contribution in [-0.2, 0) is 127 Å². The van der Waals surface area contributed by atoms with Crippen LogP contribution < -0.4 is 53.7 Å². The lowest BCUT2D eigenvalue weighted by Gasteiger charge is -2.42. The summed E-state index contributed by atoms with van der Waals surface area (Å²) in [5.74, 6) is -7.99. The molecular weight excluding hydrogens is 1920 g/mol. The van der Waals surface area contributed by atoms with Crippen LogP contribution >= 0.6 is 35.3 Å². The van der Waals surface area contributed by atoms with Gasteiger partial charge in [-0.15, -0.1) is 11.8 Å². The van der Waals surface area contributed by atoms with E-state index in [1.54, 1.807) is 72.7 Å². The first kappa shape index (κ1) is 123. The Hall–Kier alpha value is -7.97. The second-order valence-corrected chi connectivity index (χ2v) is 37.2. The highest BCUT2D eigenvalue weighted by atomic mass is 35.5. The number of primary amides is 1. The molecule has 9 amide bonds. The summed E-state index contributed by atoms with van der Waals surface area (Å²) < 4.78 is 98.6. The number of hydrogen-bond acceptors (Lipinski definition) is 35. The molecule has 141 heavy (non-hydrogen) atoms. The topological polar surface area (TPSA) is 621 Å². The van der Waals surface area contributed by atoms with Crippen LogP contribution in [0.4, 0.5) is 8.78 Å². The van der Waals surface area contributed by atoms with E-state index in [1.165, 1.54) is 49.1 Å². The van der Waals surface area contributed by atoms with Crippen molar-refractivity contribution >= 4 is 94.4 Å². The number of aliphatic hydroxyl groups excluding tert-OH is 8. The van der Waals surface area contributed by atoms with Crippen molar-refractivity contribution in [3.05, 3.63) is 91.3 Å². The number of nitrogens with two attached hydrogens (primary N) is 1. The molecule has 2 unspecified atom stereocenters. The number of imide groups is 1. The van der Waals surface area contributed by atoms with Gasteiger partial charge >= 0.3 is 11.7 Å². The molecule has 3 aromatic rings. The first-order valence-electron chi connectivity index (χ1n) is 46.9. The smallest absolute Gasteiger partial charge is 0.330 e. The minimum Gasteiger partial charge on any atom is -0.480 e. The molecule has 0 aliphatic carbocycles. The van der Waals surface area contributed by atoms with E-state index in [2.05, 4.69) is 36.7 Å². The van der Waals surface area contributed by atoms with E-state index in [0.717, 1.165) is 21.6 Å². The highest BCUT2D eigenvalue weighted by Crippen LogP contribution is 2.32. The molecule has 0 spiro atoms. The Morgan fingerprint density at radius 2 is 0.922 bits per heavy atom. The number of carboxylic acids is 1. The van der Waals surface area contributed by atoms with Crippen molar-refractivity contribution in [2.45, 2.75) is 223 Å². The third-order valence-corrected chi connectivity index (χ3v) is 26.7. The number of carbonyl (C=O) groups excluding carboxylic acids is 9. The van der Waals surface area contributed by atoms with Gasteiger partial charge in [0.15, 0.2) is 0 Å². The van der Waals surface area contributed by atoms with Crippen molar-refractivity contribution in [2.75, 3.05) is 162 Å². The van der Waals surface area contributed by atoms with Crippen molar-refractivity contribution in [2.24, 2.45) is 43.5 Å². The number of likely N-dealkylation sites (tertiary alicyclic amines) is 1. The van der Waals surface area contributed by atoms with Crippen LogP contribution in [0.3, 0.4) is 0 Å². The van der Waals surface area contributed by atoms with Gasteiger partial charge < -0.3 is 145 Å². The molecule has 6 heterocycles. The summed E-state index contributed by atoms with van der Waals surface area (Å²) >= 11 is 7.97. The lowest BCUT2D eigenvalue weighted by Crippen LogP contribution is -2.60. The van der Waals surface area contributed by atoms with E-state index in [0.29, 0.717) is 102 Å². The number of rotatable bonds is 55. The number of halogens is 3. The van der Waals surface area contributed by atoms with E-state index >= 15 is 8.78 Å². The highest BCUT2D eigenvalue weighted by molar-refractivity contribution is 8.00. The molecule has 2 aromatic carbocycles. The molecule has 5 fully saturated rings. The summed E-state index contributed by atoms with van der Waals surface area (Å²) in [5, 5.41) is 102. The van der Waals surface area contributed by atoms with Crippen LogP contribution in [-0.4, -0.2) is 390 Å². The van der Waals surface area contributed by atoms with Gasteiger partial charge in [-0.2, -0.15) is 11.8 Å². The van der Waals surface area contributed by atoms with Crippen molar-refractivity contribution in [3.63, 3.8) is 0 Å². The van der Waals surface area contributed by atoms with Gasteiger partial charge in [0.25, 0.3) is 11.5 Å². The number of carbonyl (C=O) groups is 10. The number of aliphatic carboxylic acids is 1. The van der Waals surface area contributed by atoms with E-state index in [1.807, 2.05) is 13.8 Å². The van der Waals surface area contributed by atoms with Crippen LogP contribution in [0, 0.1) is 42.2 Å². The number of thioether (sulfide) groups is 2. The Morgan fingerprint density at radius 3 is 1.33 bits per heavy atom. The molecule has 0 saturated carbocycles. The fourth-order valence-electron chi connectivity index (χ4n) is 15.6. The summed E-state index contributed by atoms with van der Waals surface area (Å²) in [6.45, 7) is 21.4. The Morgan fingerprint density at radius 1 is 0.525 bits per heavy atom. The molecular formula is C92H146ClF2N11O33S2. The molecule has 49 heteroatoms. The maximum absolute atomic E-state index is 15.1. The zero-order chi connectivity index (χ0) is 105. The van der Waals surface area contributed by atoms with Gasteiger partial charge in [0, 0.05) is 120 Å². The lowest BCUT2D eigenvalue weighted by atomic mass is 9.87. The number of aromatic nitrogens is 2. The molecule has 0 radical (unpaired) electrons. The molecule has 800 valence electrons. The van der Waals surface area contributed by atoms with Crippen LogP contribution in [0.5, 0.6) is 0 Å². The van der Waals surface area contributed by atoms with Crippen LogP contribution in [0.25, 0.3) is 11.1 Å². The average Bonchev–Trinajstić information content (AvgIpc) is 0.841. The fraction of sp³-hybridized carbons (Fsp3) is 0.717. The van der Waals surface area contributed by atoms with Crippen molar-refractivity contribution in [3.8, 4) is 11.1 Å². The Labute approximate surface area is 832 Å². The third kappa shape index (κ3) is 41.1. The predicted molar refractivity (Wildman–Crippen MR) is 511 cm³/mol. The first-order valence-corrected chi connectivity index (χ1v) is 49.5. The van der Waals surface area contributed by atoms with Crippen molar-refractivity contribution in [1.29, 1.82) is 0 Å². The van der Waals surface area contributed by atoms with Gasteiger partial charge in [-0.25, -0.2) is 23.2 Å². The minimum absolute atomic E-state index is 0.0161. The van der Waals surface area contributed by atoms with Crippen LogP contribution in [0.1, 0.15) is 122 Å². The molecule has 5 aliphatic heterocycles. The SMILES string of the molecule is CC(=O)N[C@@H]1[C@H](O)[C@H](C)[C@@H](CO)O[C@H]1C.C[C@H]1[C@@H](O)[C@@H](NC(=O)CCSCC(N)=O)[C@H](C)O[C@@H]1CO.C[C@H]1[C@@H](O)[C@@H](NCl)[C@H](C)O[C@@H]1CO.Cc1c(-c2ccc(CC(NC(=O)c3c(F)cc(CNC(=O)CCOCCOCCOCCOCCOCCOCCOCCOCCNC(=O)CCN4C(=O)CC(SCCC(=O)N[C@@H]5[C@H](O)[C@H](C)[C@@H](CO)O[C@H]5C)C4=O)cc3F)C(=O)O)cc2)c(=O)n(C)c(=O)n1C. The van der Waals surface area contributed by atoms with E-state index in [9.17, 15) is 93.3 Å².